The molecule has 0 unspecified atom stereocenters. The van der Waals surface area contributed by atoms with Crippen molar-refractivity contribution in [1.82, 2.24) is 0 Å². The lowest BCUT2D eigenvalue weighted by molar-refractivity contribution is 1.26. The second-order valence-corrected chi connectivity index (χ2v) is 3.32. The molecule has 0 atom stereocenters. The normalized spacial score (nSPS) is 10.3. The summed E-state index contributed by atoms with van der Waals surface area (Å²) < 4.78 is 0. The predicted molar refractivity (Wildman–Crippen MR) is 63.1 cm³/mol. The van der Waals surface area contributed by atoms with E-state index in [0.717, 1.165) is 17.7 Å². The summed E-state index contributed by atoms with van der Waals surface area (Å²) >= 11 is 4.10. The molecule has 0 saturated carbocycles. The molecule has 72 valence electrons. The third-order valence-corrected chi connectivity index (χ3v) is 2.05. The number of nitrogen functional groups attached to an aromatic ring is 1. The van der Waals surface area contributed by atoms with Gasteiger partial charge < -0.3 is 5.73 Å². The average Bonchev–Trinajstić information content (AvgIpc) is 2.19. The molecule has 2 N–H and O–H groups in total. The van der Waals surface area contributed by atoms with Crippen molar-refractivity contribution in [3.63, 3.8) is 0 Å². The predicted octanol–water partition coefficient (Wildman–Crippen LogP) is 2.47. The summed E-state index contributed by atoms with van der Waals surface area (Å²) in [6, 6.07) is 7.39. The van der Waals surface area contributed by atoms with Crippen LogP contribution in [0.1, 0.15) is 17.5 Å². The highest BCUT2D eigenvalue weighted by atomic mass is 32.1. The van der Waals surface area contributed by atoms with Crippen molar-refractivity contribution in [1.29, 1.82) is 5.26 Å². The highest BCUT2D eigenvalue weighted by molar-refractivity contribution is 7.80. The summed E-state index contributed by atoms with van der Waals surface area (Å²) in [4.78, 5) is 0. The fourth-order valence-corrected chi connectivity index (χ4v) is 1.25. The van der Waals surface area contributed by atoms with Crippen molar-refractivity contribution < 1.29 is 0 Å². The molecule has 0 aliphatic carbocycles. The van der Waals surface area contributed by atoms with Crippen molar-refractivity contribution in [2.45, 2.75) is 6.42 Å². The summed E-state index contributed by atoms with van der Waals surface area (Å²) in [5, 5.41) is 8.83. The Morgan fingerprint density at radius 1 is 1.50 bits per heavy atom. The van der Waals surface area contributed by atoms with Crippen molar-refractivity contribution in [3.05, 3.63) is 35.4 Å². The molecule has 0 bridgehead atoms. The molecule has 0 aliphatic rings. The van der Waals surface area contributed by atoms with Crippen LogP contribution in [0.2, 0.25) is 0 Å². The Morgan fingerprint density at radius 2 is 2.29 bits per heavy atom. The summed E-state index contributed by atoms with van der Waals surface area (Å²) in [6.07, 6.45) is 4.79. The van der Waals surface area contributed by atoms with Gasteiger partial charge >= 0.3 is 0 Å². The van der Waals surface area contributed by atoms with Crippen LogP contribution in [0.3, 0.4) is 0 Å². The third-order valence-electron chi connectivity index (χ3n) is 1.79. The minimum absolute atomic E-state index is 0.648. The molecule has 1 rings (SSSR count). The van der Waals surface area contributed by atoms with Crippen LogP contribution in [0, 0.1) is 11.3 Å². The van der Waals surface area contributed by atoms with E-state index < -0.39 is 0 Å². The van der Waals surface area contributed by atoms with E-state index in [1.807, 2.05) is 12.2 Å². The Morgan fingerprint density at radius 3 is 2.93 bits per heavy atom. The molecule has 1 aromatic rings. The molecule has 1 aromatic carbocycles. The zero-order valence-electron chi connectivity index (χ0n) is 7.77. The highest BCUT2D eigenvalue weighted by Gasteiger charge is 1.97. The quantitative estimate of drug-likeness (QED) is 0.587. The lowest BCUT2D eigenvalue weighted by Gasteiger charge is -1.99. The molecular weight excluding hydrogens is 192 g/mol. The van der Waals surface area contributed by atoms with Crippen molar-refractivity contribution in [2.24, 2.45) is 0 Å². The van der Waals surface area contributed by atoms with Crippen molar-refractivity contribution in [3.8, 4) is 6.07 Å². The smallest absolute Gasteiger partial charge is 0.0997 e. The molecule has 0 aromatic heterocycles. The standard InChI is InChI=1S/C11H12N2S/c12-8-10-4-5-11(13)7-9(10)3-1-2-6-14/h1,3-5,7,14H,2,6,13H2. The van der Waals surface area contributed by atoms with Gasteiger partial charge in [-0.2, -0.15) is 17.9 Å². The van der Waals surface area contributed by atoms with Gasteiger partial charge in [-0.05, 0) is 35.9 Å². The minimum Gasteiger partial charge on any atom is -0.399 e. The first kappa shape index (κ1) is 10.7. The van der Waals surface area contributed by atoms with Crippen LogP contribution in [0.25, 0.3) is 6.08 Å². The Bertz CT molecular complexity index is 377. The van der Waals surface area contributed by atoms with Crippen LogP contribution in [0.4, 0.5) is 5.69 Å². The zero-order valence-corrected chi connectivity index (χ0v) is 8.67. The molecule has 14 heavy (non-hydrogen) atoms. The van der Waals surface area contributed by atoms with E-state index in [9.17, 15) is 0 Å². The molecule has 0 heterocycles. The fraction of sp³-hybridized carbons (Fsp3) is 0.182. The lowest BCUT2D eigenvalue weighted by Crippen LogP contribution is -1.88. The minimum atomic E-state index is 0.648. The number of hydrogen-bond donors (Lipinski definition) is 2. The molecular formula is C11H12N2S. The maximum Gasteiger partial charge on any atom is 0.0997 e. The van der Waals surface area contributed by atoms with Gasteiger partial charge in [0, 0.05) is 5.69 Å². The molecule has 2 nitrogen and oxygen atoms in total. The number of rotatable bonds is 3. The molecule has 0 amide bonds. The van der Waals surface area contributed by atoms with E-state index in [4.69, 9.17) is 11.0 Å². The number of nitrogens with two attached hydrogens (primary N) is 1. The Labute approximate surface area is 89.5 Å². The number of benzene rings is 1. The molecule has 0 radical (unpaired) electrons. The Hall–Kier alpha value is -1.40. The Kier molecular flexibility index (Phi) is 4.09. The van der Waals surface area contributed by atoms with E-state index in [1.54, 1.807) is 18.2 Å². The summed E-state index contributed by atoms with van der Waals surface area (Å²) in [5.41, 5.74) is 7.82. The summed E-state index contributed by atoms with van der Waals surface area (Å²) in [5.74, 6) is 0.806. The third kappa shape index (κ3) is 2.82. The number of nitrogens with zero attached hydrogens (tertiary/aromatic N) is 1. The van der Waals surface area contributed by atoms with Crippen LogP contribution in [0.15, 0.2) is 24.3 Å². The number of anilines is 1. The van der Waals surface area contributed by atoms with Crippen LogP contribution < -0.4 is 5.73 Å². The first-order chi connectivity index (χ1) is 6.77. The first-order valence-electron chi connectivity index (χ1n) is 4.35. The number of thiol groups is 1. The van der Waals surface area contributed by atoms with Gasteiger partial charge in [0.2, 0.25) is 0 Å². The average molecular weight is 204 g/mol. The van der Waals surface area contributed by atoms with Crippen LogP contribution >= 0.6 is 12.6 Å². The molecule has 0 fully saturated rings. The number of hydrogen-bond acceptors (Lipinski definition) is 3. The molecule has 3 heteroatoms. The van der Waals surface area contributed by atoms with Crippen molar-refractivity contribution in [2.75, 3.05) is 11.5 Å². The molecule has 0 saturated heterocycles. The van der Waals surface area contributed by atoms with Gasteiger partial charge in [0.25, 0.3) is 0 Å². The van der Waals surface area contributed by atoms with Gasteiger partial charge in [-0.1, -0.05) is 12.2 Å². The first-order valence-corrected chi connectivity index (χ1v) is 4.98. The zero-order chi connectivity index (χ0) is 10.4. The van der Waals surface area contributed by atoms with Crippen LogP contribution in [-0.4, -0.2) is 5.75 Å². The molecule has 0 spiro atoms. The van der Waals surface area contributed by atoms with Gasteiger partial charge in [0.1, 0.15) is 0 Å². The second kappa shape index (κ2) is 5.36. The van der Waals surface area contributed by atoms with Gasteiger partial charge in [-0.3, -0.25) is 0 Å². The largest absolute Gasteiger partial charge is 0.399 e. The van der Waals surface area contributed by atoms with Crippen LogP contribution in [0.5, 0.6) is 0 Å². The summed E-state index contributed by atoms with van der Waals surface area (Å²) in [6.45, 7) is 0. The van der Waals surface area contributed by atoms with E-state index in [0.29, 0.717) is 11.3 Å². The fourth-order valence-electron chi connectivity index (χ4n) is 1.11. The van der Waals surface area contributed by atoms with Gasteiger partial charge in [-0.15, -0.1) is 0 Å². The topological polar surface area (TPSA) is 49.8 Å². The lowest BCUT2D eigenvalue weighted by atomic mass is 10.1. The second-order valence-electron chi connectivity index (χ2n) is 2.87. The number of allylic oxidation sites excluding steroid dienone is 1. The highest BCUT2D eigenvalue weighted by Crippen LogP contribution is 2.14. The van der Waals surface area contributed by atoms with Gasteiger partial charge in [0.15, 0.2) is 0 Å². The Balaban J connectivity index is 2.94. The van der Waals surface area contributed by atoms with E-state index in [-0.39, 0.29) is 0 Å². The number of nitriles is 1. The monoisotopic (exact) mass is 204 g/mol. The summed E-state index contributed by atoms with van der Waals surface area (Å²) in [7, 11) is 0. The molecule has 0 aliphatic heterocycles. The van der Waals surface area contributed by atoms with E-state index >= 15 is 0 Å². The van der Waals surface area contributed by atoms with E-state index in [2.05, 4.69) is 18.7 Å². The van der Waals surface area contributed by atoms with Crippen LogP contribution in [-0.2, 0) is 0 Å². The maximum atomic E-state index is 8.83. The van der Waals surface area contributed by atoms with Gasteiger partial charge in [0.05, 0.1) is 11.6 Å². The van der Waals surface area contributed by atoms with Crippen molar-refractivity contribution >= 4 is 24.4 Å². The van der Waals surface area contributed by atoms with Gasteiger partial charge in [-0.25, -0.2) is 0 Å². The van der Waals surface area contributed by atoms with E-state index in [1.165, 1.54) is 0 Å². The maximum absolute atomic E-state index is 8.83. The SMILES string of the molecule is N#Cc1ccc(N)cc1C=CCCS.